The van der Waals surface area contributed by atoms with Gasteiger partial charge in [-0.2, -0.15) is 0 Å². The normalized spacial score (nSPS) is 33.0. The summed E-state index contributed by atoms with van der Waals surface area (Å²) in [6.07, 6.45) is 5.56. The molecule has 1 saturated heterocycles. The first kappa shape index (κ1) is 9.05. The molecule has 0 N–H and O–H groups in total. The summed E-state index contributed by atoms with van der Waals surface area (Å²) >= 11 is 0. The van der Waals surface area contributed by atoms with E-state index in [0.29, 0.717) is 0 Å². The summed E-state index contributed by atoms with van der Waals surface area (Å²) in [5.41, 5.74) is 0. The molecule has 0 amide bonds. The van der Waals surface area contributed by atoms with E-state index < -0.39 is 0 Å². The predicted octanol–water partition coefficient (Wildman–Crippen LogP) is 2.52. The average molecular weight is 155 g/mol. The van der Waals surface area contributed by atoms with Crippen LogP contribution >= 0.6 is 0 Å². The Morgan fingerprint density at radius 1 is 1.36 bits per heavy atom. The molecular formula is C10H21N. The van der Waals surface area contributed by atoms with Crippen molar-refractivity contribution in [1.82, 2.24) is 4.90 Å². The van der Waals surface area contributed by atoms with Gasteiger partial charge in [-0.25, -0.2) is 0 Å². The topological polar surface area (TPSA) is 3.24 Å². The van der Waals surface area contributed by atoms with Gasteiger partial charge in [0, 0.05) is 12.6 Å². The van der Waals surface area contributed by atoms with Crippen LogP contribution in [-0.4, -0.2) is 24.5 Å². The smallest absolute Gasteiger partial charge is 0.00928 e. The third kappa shape index (κ3) is 2.19. The maximum Gasteiger partial charge on any atom is 0.00928 e. The van der Waals surface area contributed by atoms with Crippen molar-refractivity contribution >= 4 is 0 Å². The summed E-state index contributed by atoms with van der Waals surface area (Å²) in [5, 5.41) is 0. The van der Waals surface area contributed by atoms with E-state index in [0.717, 1.165) is 12.0 Å². The highest BCUT2D eigenvalue weighted by atomic mass is 15.1. The van der Waals surface area contributed by atoms with Crippen LogP contribution in [0.1, 0.15) is 39.5 Å². The molecule has 1 fully saturated rings. The Bertz CT molecular complexity index is 111. The predicted molar refractivity (Wildman–Crippen MR) is 49.7 cm³/mol. The molecule has 1 aliphatic heterocycles. The monoisotopic (exact) mass is 155 g/mol. The minimum absolute atomic E-state index is 0.881. The molecule has 11 heavy (non-hydrogen) atoms. The lowest BCUT2D eigenvalue weighted by Gasteiger charge is -2.16. The van der Waals surface area contributed by atoms with Crippen LogP contribution in [0.25, 0.3) is 0 Å². The Labute approximate surface area is 70.8 Å². The Balaban J connectivity index is 2.30. The molecule has 0 radical (unpaired) electrons. The van der Waals surface area contributed by atoms with Gasteiger partial charge in [-0.15, -0.1) is 0 Å². The van der Waals surface area contributed by atoms with Gasteiger partial charge in [0.25, 0.3) is 0 Å². The lowest BCUT2D eigenvalue weighted by atomic mass is 10.00. The maximum atomic E-state index is 2.53. The molecule has 1 aliphatic rings. The maximum absolute atomic E-state index is 2.53. The first-order valence-electron chi connectivity index (χ1n) is 4.98. The van der Waals surface area contributed by atoms with Crippen molar-refractivity contribution in [2.24, 2.45) is 5.92 Å². The zero-order chi connectivity index (χ0) is 8.27. The van der Waals surface area contributed by atoms with Crippen LogP contribution in [-0.2, 0) is 0 Å². The molecular weight excluding hydrogens is 134 g/mol. The highest BCUT2D eigenvalue weighted by molar-refractivity contribution is 4.81. The van der Waals surface area contributed by atoms with Gasteiger partial charge in [-0.1, -0.05) is 20.3 Å². The molecule has 1 unspecified atom stereocenters. The van der Waals surface area contributed by atoms with Gasteiger partial charge >= 0.3 is 0 Å². The molecule has 1 heterocycles. The van der Waals surface area contributed by atoms with E-state index in [-0.39, 0.29) is 0 Å². The van der Waals surface area contributed by atoms with Gasteiger partial charge in [0.1, 0.15) is 0 Å². The van der Waals surface area contributed by atoms with Crippen molar-refractivity contribution in [2.45, 2.75) is 45.6 Å². The van der Waals surface area contributed by atoms with Crippen LogP contribution in [0.5, 0.6) is 0 Å². The van der Waals surface area contributed by atoms with E-state index in [4.69, 9.17) is 0 Å². The number of hydrogen-bond acceptors (Lipinski definition) is 1. The lowest BCUT2D eigenvalue weighted by molar-refractivity contribution is 0.300. The molecule has 0 aromatic heterocycles. The quantitative estimate of drug-likeness (QED) is 0.605. The molecule has 1 rings (SSSR count). The number of rotatable bonds is 3. The summed E-state index contributed by atoms with van der Waals surface area (Å²) in [6.45, 7) is 5.93. The molecule has 0 aliphatic carbocycles. The van der Waals surface area contributed by atoms with Gasteiger partial charge in [0.2, 0.25) is 0 Å². The van der Waals surface area contributed by atoms with Gasteiger partial charge in [0.15, 0.2) is 0 Å². The molecule has 66 valence electrons. The van der Waals surface area contributed by atoms with E-state index >= 15 is 0 Å². The fourth-order valence-corrected chi connectivity index (χ4v) is 2.29. The van der Waals surface area contributed by atoms with E-state index in [1.807, 2.05) is 0 Å². The first-order chi connectivity index (χ1) is 5.27. The van der Waals surface area contributed by atoms with Crippen molar-refractivity contribution in [2.75, 3.05) is 13.6 Å². The van der Waals surface area contributed by atoms with Crippen LogP contribution in [0, 0.1) is 5.92 Å². The van der Waals surface area contributed by atoms with Crippen LogP contribution in [0.3, 0.4) is 0 Å². The molecule has 0 spiro atoms. The summed E-state index contributed by atoms with van der Waals surface area (Å²) in [4.78, 5) is 2.53. The molecule has 2 atom stereocenters. The minimum atomic E-state index is 0.881. The standard InChI is InChI=1S/C10H21N/c1-4-6-9-7-10(5-2)11(3)8-9/h9-10H,4-8H2,1-3H3/t9?,10-/m1/s1. The highest BCUT2D eigenvalue weighted by Gasteiger charge is 2.26. The van der Waals surface area contributed by atoms with Crippen LogP contribution in [0.15, 0.2) is 0 Å². The van der Waals surface area contributed by atoms with Crippen LogP contribution < -0.4 is 0 Å². The first-order valence-corrected chi connectivity index (χ1v) is 4.98. The van der Waals surface area contributed by atoms with Crippen molar-refractivity contribution in [3.05, 3.63) is 0 Å². The molecule has 1 nitrogen and oxygen atoms in total. The third-order valence-corrected chi connectivity index (χ3v) is 2.94. The number of nitrogens with zero attached hydrogens (tertiary/aromatic N) is 1. The zero-order valence-corrected chi connectivity index (χ0v) is 8.14. The molecule has 0 aromatic carbocycles. The molecule has 0 bridgehead atoms. The molecule has 1 heteroatoms. The van der Waals surface area contributed by atoms with Crippen LogP contribution in [0.2, 0.25) is 0 Å². The van der Waals surface area contributed by atoms with Crippen molar-refractivity contribution < 1.29 is 0 Å². The zero-order valence-electron chi connectivity index (χ0n) is 8.14. The second-order valence-corrected chi connectivity index (χ2v) is 3.89. The van der Waals surface area contributed by atoms with Gasteiger partial charge in [0.05, 0.1) is 0 Å². The van der Waals surface area contributed by atoms with Crippen molar-refractivity contribution in [3.8, 4) is 0 Å². The second kappa shape index (κ2) is 4.10. The largest absolute Gasteiger partial charge is 0.303 e. The summed E-state index contributed by atoms with van der Waals surface area (Å²) in [7, 11) is 2.27. The summed E-state index contributed by atoms with van der Waals surface area (Å²) < 4.78 is 0. The van der Waals surface area contributed by atoms with Crippen LogP contribution in [0.4, 0.5) is 0 Å². The van der Waals surface area contributed by atoms with Crippen molar-refractivity contribution in [1.29, 1.82) is 0 Å². The van der Waals surface area contributed by atoms with E-state index in [1.165, 1.54) is 32.2 Å². The second-order valence-electron chi connectivity index (χ2n) is 3.89. The lowest BCUT2D eigenvalue weighted by Crippen LogP contribution is -2.23. The van der Waals surface area contributed by atoms with E-state index in [1.54, 1.807) is 0 Å². The van der Waals surface area contributed by atoms with E-state index in [2.05, 4.69) is 25.8 Å². The SMILES string of the molecule is CCCC1C[C@@H](CC)N(C)C1. The Morgan fingerprint density at radius 3 is 2.55 bits per heavy atom. The highest BCUT2D eigenvalue weighted by Crippen LogP contribution is 2.26. The summed E-state index contributed by atoms with van der Waals surface area (Å²) in [5.74, 6) is 0.995. The number of hydrogen-bond donors (Lipinski definition) is 0. The van der Waals surface area contributed by atoms with Gasteiger partial charge < -0.3 is 4.90 Å². The molecule has 0 saturated carbocycles. The number of likely N-dealkylation sites (tertiary alicyclic amines) is 1. The average Bonchev–Trinajstić information content (AvgIpc) is 2.32. The van der Waals surface area contributed by atoms with Gasteiger partial charge in [-0.3, -0.25) is 0 Å². The fourth-order valence-electron chi connectivity index (χ4n) is 2.29. The van der Waals surface area contributed by atoms with Crippen molar-refractivity contribution in [3.63, 3.8) is 0 Å². The van der Waals surface area contributed by atoms with Gasteiger partial charge in [-0.05, 0) is 32.2 Å². The van der Waals surface area contributed by atoms with E-state index in [9.17, 15) is 0 Å². The minimum Gasteiger partial charge on any atom is -0.303 e. The molecule has 0 aromatic rings. The Kier molecular flexibility index (Phi) is 3.38. The third-order valence-electron chi connectivity index (χ3n) is 2.94. The Hall–Kier alpha value is -0.0400. The fraction of sp³-hybridized carbons (Fsp3) is 1.00. The summed E-state index contributed by atoms with van der Waals surface area (Å²) in [6, 6.07) is 0.881. The Morgan fingerprint density at radius 2 is 2.09 bits per heavy atom.